The Morgan fingerprint density at radius 1 is 1.43 bits per heavy atom. The number of carbonyl (C=O) groups excluding carboxylic acids is 1. The van der Waals surface area contributed by atoms with E-state index >= 15 is 0 Å². The summed E-state index contributed by atoms with van der Waals surface area (Å²) >= 11 is 1.20. The maximum atomic E-state index is 12.2. The zero-order valence-corrected chi connectivity index (χ0v) is 12.8. The van der Waals surface area contributed by atoms with E-state index in [0.29, 0.717) is 11.8 Å². The van der Waals surface area contributed by atoms with Crippen molar-refractivity contribution in [3.8, 4) is 11.8 Å². The van der Waals surface area contributed by atoms with Crippen LogP contribution < -0.4 is 5.32 Å². The van der Waals surface area contributed by atoms with E-state index in [0.717, 1.165) is 11.3 Å². The lowest BCUT2D eigenvalue weighted by Gasteiger charge is -2.04. The molecule has 0 aliphatic heterocycles. The molecule has 120 valence electrons. The lowest BCUT2D eigenvalue weighted by atomic mass is 10.2. The molecule has 5 nitrogen and oxygen atoms in total. The van der Waals surface area contributed by atoms with Crippen LogP contribution in [0.1, 0.15) is 16.1 Å². The van der Waals surface area contributed by atoms with Crippen molar-refractivity contribution in [2.24, 2.45) is 0 Å². The zero-order valence-electron chi connectivity index (χ0n) is 11.2. The van der Waals surface area contributed by atoms with E-state index in [4.69, 9.17) is 5.26 Å². The molecule has 23 heavy (non-hydrogen) atoms. The number of aromatic hydroxyl groups is 1. The Hall–Kier alpha value is -2.25. The monoisotopic (exact) mass is 359 g/mol. The number of nitriles is 1. The summed E-state index contributed by atoms with van der Waals surface area (Å²) in [4.78, 5) is 15.8. The maximum Gasteiger partial charge on any atom is 0.398 e. The van der Waals surface area contributed by atoms with Crippen molar-refractivity contribution < 1.29 is 23.1 Å². The van der Waals surface area contributed by atoms with Crippen LogP contribution >= 0.6 is 23.1 Å². The normalized spacial score (nSPS) is 11.0. The molecule has 1 aromatic heterocycles. The summed E-state index contributed by atoms with van der Waals surface area (Å²) in [5.41, 5.74) is -0.192. The van der Waals surface area contributed by atoms with Crippen molar-refractivity contribution in [1.82, 2.24) is 4.98 Å². The number of para-hydroxylation sites is 1. The second kappa shape index (κ2) is 6.89. The second-order valence-electron chi connectivity index (χ2n) is 4.14. The Balaban J connectivity index is 2.15. The molecular formula is C13H8F3N3O2S2. The Labute approximate surface area is 136 Å². The third kappa shape index (κ3) is 4.61. The Kier molecular flexibility index (Phi) is 5.12. The molecule has 0 atom stereocenters. The van der Waals surface area contributed by atoms with Gasteiger partial charge in [0.1, 0.15) is 16.0 Å². The first-order chi connectivity index (χ1) is 10.8. The maximum absolute atomic E-state index is 12.2. The number of rotatable bonds is 4. The number of alkyl halides is 3. The van der Waals surface area contributed by atoms with Gasteiger partial charge in [-0.3, -0.25) is 10.1 Å². The van der Waals surface area contributed by atoms with Crippen molar-refractivity contribution >= 4 is 34.1 Å². The fourth-order valence-corrected chi connectivity index (χ4v) is 3.32. The molecule has 1 heterocycles. The lowest BCUT2D eigenvalue weighted by molar-refractivity contribution is -0.105. The molecule has 0 radical (unpaired) electrons. The standard InChI is InChI=1S/C13H8F3N3O2S2/c14-13(15,16)6-22-11-8(5-17)18-12(23-11)19-10(21)7-3-1-2-4-9(7)20/h1-4,20H,6H2,(H,18,19,21). The van der Waals surface area contributed by atoms with Gasteiger partial charge in [-0.25, -0.2) is 4.98 Å². The Morgan fingerprint density at radius 2 is 2.13 bits per heavy atom. The molecule has 2 N–H and O–H groups in total. The third-order valence-electron chi connectivity index (χ3n) is 2.44. The predicted molar refractivity (Wildman–Crippen MR) is 79.7 cm³/mol. The van der Waals surface area contributed by atoms with Gasteiger partial charge < -0.3 is 5.11 Å². The van der Waals surface area contributed by atoms with E-state index in [9.17, 15) is 23.1 Å². The minimum Gasteiger partial charge on any atom is -0.507 e. The molecule has 10 heteroatoms. The van der Waals surface area contributed by atoms with Crippen LogP contribution in [0.15, 0.2) is 28.5 Å². The minimum atomic E-state index is -4.37. The average molecular weight is 359 g/mol. The number of amides is 1. The summed E-state index contributed by atoms with van der Waals surface area (Å²) in [6, 6.07) is 7.47. The molecule has 0 aliphatic carbocycles. The molecular weight excluding hydrogens is 351 g/mol. The number of carbonyl (C=O) groups is 1. The number of hydrogen-bond donors (Lipinski definition) is 2. The molecule has 0 unspecified atom stereocenters. The van der Waals surface area contributed by atoms with Crippen molar-refractivity contribution in [3.63, 3.8) is 0 Å². The van der Waals surface area contributed by atoms with E-state index in [-0.39, 0.29) is 26.3 Å². The molecule has 1 amide bonds. The van der Waals surface area contributed by atoms with Gasteiger partial charge in [-0.1, -0.05) is 23.5 Å². The summed E-state index contributed by atoms with van der Waals surface area (Å²) in [5.74, 6) is -2.07. The number of phenols is 1. The topological polar surface area (TPSA) is 86.0 Å². The second-order valence-corrected chi connectivity index (χ2v) is 6.39. The van der Waals surface area contributed by atoms with Gasteiger partial charge in [0.2, 0.25) is 0 Å². The minimum absolute atomic E-state index is 0.00861. The highest BCUT2D eigenvalue weighted by molar-refractivity contribution is 8.01. The molecule has 0 saturated carbocycles. The molecule has 0 fully saturated rings. The smallest absolute Gasteiger partial charge is 0.398 e. The first-order valence-corrected chi connectivity index (χ1v) is 7.80. The number of phenolic OH excluding ortho intramolecular Hbond substituents is 1. The van der Waals surface area contributed by atoms with E-state index in [1.54, 1.807) is 12.1 Å². The van der Waals surface area contributed by atoms with Gasteiger partial charge in [0.25, 0.3) is 5.91 Å². The molecule has 0 aliphatic rings. The highest BCUT2D eigenvalue weighted by Crippen LogP contribution is 2.35. The summed E-state index contributed by atoms with van der Waals surface area (Å²) in [7, 11) is 0. The number of benzene rings is 1. The first kappa shape index (κ1) is 17.1. The number of thiazole rings is 1. The number of nitrogens with one attached hydrogen (secondary N) is 1. The first-order valence-electron chi connectivity index (χ1n) is 6.00. The van der Waals surface area contributed by atoms with Crippen LogP contribution in [-0.2, 0) is 0 Å². The van der Waals surface area contributed by atoms with Crippen molar-refractivity contribution in [2.75, 3.05) is 11.1 Å². The van der Waals surface area contributed by atoms with Crippen LogP contribution in [-0.4, -0.2) is 27.9 Å². The Bertz CT molecular complexity index is 769. The summed E-state index contributed by atoms with van der Waals surface area (Å²) < 4.78 is 36.8. The van der Waals surface area contributed by atoms with Gasteiger partial charge >= 0.3 is 6.18 Å². The molecule has 0 saturated heterocycles. The van der Waals surface area contributed by atoms with Crippen LogP contribution in [0.25, 0.3) is 0 Å². The molecule has 1 aromatic carbocycles. The van der Waals surface area contributed by atoms with Gasteiger partial charge in [-0.2, -0.15) is 18.4 Å². The molecule has 2 rings (SSSR count). The van der Waals surface area contributed by atoms with Crippen LogP contribution in [0.4, 0.5) is 18.3 Å². The lowest BCUT2D eigenvalue weighted by Crippen LogP contribution is -2.11. The predicted octanol–water partition coefficient (Wildman–Crippen LogP) is 3.63. The SMILES string of the molecule is N#Cc1nc(NC(=O)c2ccccc2O)sc1SCC(F)(F)F. The van der Waals surface area contributed by atoms with Gasteiger partial charge in [-0.15, -0.1) is 11.8 Å². The van der Waals surface area contributed by atoms with Crippen LogP contribution in [0, 0.1) is 11.3 Å². The Morgan fingerprint density at radius 3 is 2.74 bits per heavy atom. The number of hydrogen-bond acceptors (Lipinski definition) is 6. The van der Waals surface area contributed by atoms with Gasteiger partial charge in [0.15, 0.2) is 10.8 Å². The molecule has 2 aromatic rings. The van der Waals surface area contributed by atoms with Crippen LogP contribution in [0.3, 0.4) is 0 Å². The fourth-order valence-electron chi connectivity index (χ4n) is 1.51. The van der Waals surface area contributed by atoms with Crippen LogP contribution in [0.2, 0.25) is 0 Å². The number of halogens is 3. The molecule has 0 spiro atoms. The van der Waals surface area contributed by atoms with Crippen molar-refractivity contribution in [3.05, 3.63) is 35.5 Å². The average Bonchev–Trinajstić information content (AvgIpc) is 2.86. The highest BCUT2D eigenvalue weighted by Gasteiger charge is 2.29. The van der Waals surface area contributed by atoms with Crippen molar-refractivity contribution in [1.29, 1.82) is 5.26 Å². The summed E-state index contributed by atoms with van der Waals surface area (Å²) in [5, 5.41) is 20.8. The largest absolute Gasteiger partial charge is 0.507 e. The third-order valence-corrected chi connectivity index (χ3v) is 4.73. The molecule has 0 bridgehead atoms. The van der Waals surface area contributed by atoms with Gasteiger partial charge in [0.05, 0.1) is 11.3 Å². The van der Waals surface area contributed by atoms with E-state index < -0.39 is 17.8 Å². The van der Waals surface area contributed by atoms with Gasteiger partial charge in [-0.05, 0) is 12.1 Å². The highest BCUT2D eigenvalue weighted by atomic mass is 32.2. The number of nitrogens with zero attached hydrogens (tertiary/aromatic N) is 2. The van der Waals surface area contributed by atoms with Crippen molar-refractivity contribution in [2.45, 2.75) is 10.4 Å². The van der Waals surface area contributed by atoms with E-state index in [1.807, 2.05) is 0 Å². The summed E-state index contributed by atoms with van der Waals surface area (Å²) in [6.45, 7) is 0. The number of aromatic nitrogens is 1. The fraction of sp³-hybridized carbons (Fsp3) is 0.154. The zero-order chi connectivity index (χ0) is 17.0. The van der Waals surface area contributed by atoms with E-state index in [2.05, 4.69) is 10.3 Å². The van der Waals surface area contributed by atoms with Gasteiger partial charge in [0, 0.05) is 0 Å². The summed E-state index contributed by atoms with van der Waals surface area (Å²) in [6.07, 6.45) is -4.37. The van der Waals surface area contributed by atoms with Crippen LogP contribution in [0.5, 0.6) is 5.75 Å². The number of thioether (sulfide) groups is 1. The quantitative estimate of drug-likeness (QED) is 0.814. The van der Waals surface area contributed by atoms with E-state index in [1.165, 1.54) is 18.2 Å². The number of anilines is 1.